The van der Waals surface area contributed by atoms with E-state index in [1.165, 1.54) is 12.1 Å². The number of morpholine rings is 1. The van der Waals surface area contributed by atoms with Crippen LogP contribution in [0, 0.1) is 17.1 Å². The second kappa shape index (κ2) is 10.1. The van der Waals surface area contributed by atoms with E-state index in [0.29, 0.717) is 37.8 Å². The SMILES string of the molecule is CC(Cn1ccc(-c2ccc(C#N)c(Cl)c2F)n1)NC(=O)c1cc(CN2CCOCC2)on1. The fourth-order valence-corrected chi connectivity index (χ4v) is 3.75. The predicted octanol–water partition coefficient (Wildman–Crippen LogP) is 2.85. The molecule has 1 aliphatic rings. The number of amides is 1. The summed E-state index contributed by atoms with van der Waals surface area (Å²) in [6.45, 7) is 5.74. The summed E-state index contributed by atoms with van der Waals surface area (Å²) in [6, 6.07) is 7.77. The van der Waals surface area contributed by atoms with Crippen molar-refractivity contribution >= 4 is 17.5 Å². The van der Waals surface area contributed by atoms with E-state index in [9.17, 15) is 9.18 Å². The molecule has 0 saturated carbocycles. The maximum absolute atomic E-state index is 14.5. The van der Waals surface area contributed by atoms with Gasteiger partial charge < -0.3 is 14.6 Å². The van der Waals surface area contributed by atoms with Crippen molar-refractivity contribution in [3.63, 3.8) is 0 Å². The average Bonchev–Trinajstić information content (AvgIpc) is 3.46. The molecular weight excluding hydrogens is 451 g/mol. The molecule has 1 saturated heterocycles. The molecule has 2 aromatic heterocycles. The molecule has 3 heterocycles. The van der Waals surface area contributed by atoms with Crippen LogP contribution in [0.2, 0.25) is 5.02 Å². The number of hydrogen-bond acceptors (Lipinski definition) is 7. The van der Waals surface area contributed by atoms with Crippen molar-refractivity contribution in [1.29, 1.82) is 5.26 Å². The molecule has 1 unspecified atom stereocenters. The monoisotopic (exact) mass is 472 g/mol. The number of aromatic nitrogens is 3. The first-order valence-electron chi connectivity index (χ1n) is 10.4. The van der Waals surface area contributed by atoms with Gasteiger partial charge in [-0.2, -0.15) is 10.4 Å². The van der Waals surface area contributed by atoms with Gasteiger partial charge in [0.05, 0.1) is 42.6 Å². The number of carbonyl (C=O) groups excluding carboxylic acids is 1. The second-order valence-electron chi connectivity index (χ2n) is 7.76. The highest BCUT2D eigenvalue weighted by Gasteiger charge is 2.19. The van der Waals surface area contributed by atoms with Gasteiger partial charge in [-0.15, -0.1) is 0 Å². The topological polar surface area (TPSA) is 109 Å². The minimum Gasteiger partial charge on any atom is -0.379 e. The Kier molecular flexibility index (Phi) is 7.03. The molecule has 0 radical (unpaired) electrons. The highest BCUT2D eigenvalue weighted by atomic mass is 35.5. The number of carbonyl (C=O) groups is 1. The molecular formula is C22H22ClFN6O3. The first-order chi connectivity index (χ1) is 15.9. The van der Waals surface area contributed by atoms with E-state index in [2.05, 4.69) is 20.5 Å². The van der Waals surface area contributed by atoms with Crippen molar-refractivity contribution in [2.24, 2.45) is 0 Å². The van der Waals surface area contributed by atoms with Gasteiger partial charge in [0.25, 0.3) is 5.91 Å². The third kappa shape index (κ3) is 5.39. The first kappa shape index (κ1) is 22.9. The number of nitriles is 1. The molecule has 33 heavy (non-hydrogen) atoms. The van der Waals surface area contributed by atoms with Crippen LogP contribution in [0.3, 0.4) is 0 Å². The number of nitrogens with zero attached hydrogens (tertiary/aromatic N) is 5. The molecule has 9 nitrogen and oxygen atoms in total. The van der Waals surface area contributed by atoms with Crippen LogP contribution in [-0.2, 0) is 17.8 Å². The van der Waals surface area contributed by atoms with Gasteiger partial charge in [-0.3, -0.25) is 14.4 Å². The van der Waals surface area contributed by atoms with E-state index < -0.39 is 5.82 Å². The summed E-state index contributed by atoms with van der Waals surface area (Å²) in [5.41, 5.74) is 0.849. The van der Waals surface area contributed by atoms with E-state index in [1.54, 1.807) is 23.0 Å². The van der Waals surface area contributed by atoms with E-state index >= 15 is 0 Å². The smallest absolute Gasteiger partial charge is 0.273 e. The predicted molar refractivity (Wildman–Crippen MR) is 117 cm³/mol. The minimum atomic E-state index is -0.693. The largest absolute Gasteiger partial charge is 0.379 e. The highest BCUT2D eigenvalue weighted by Crippen LogP contribution is 2.29. The number of benzene rings is 1. The normalized spacial score (nSPS) is 15.2. The molecule has 1 fully saturated rings. The summed E-state index contributed by atoms with van der Waals surface area (Å²) in [5, 5.41) is 19.8. The zero-order chi connectivity index (χ0) is 23.4. The molecule has 1 N–H and O–H groups in total. The van der Waals surface area contributed by atoms with Crippen LogP contribution in [-0.4, -0.2) is 58.1 Å². The Morgan fingerprint density at radius 2 is 2.15 bits per heavy atom. The number of ether oxygens (including phenoxy) is 1. The van der Waals surface area contributed by atoms with Crippen LogP contribution in [0.4, 0.5) is 4.39 Å². The van der Waals surface area contributed by atoms with Crippen molar-refractivity contribution in [3.05, 3.63) is 58.3 Å². The van der Waals surface area contributed by atoms with E-state index in [0.717, 1.165) is 13.1 Å². The summed E-state index contributed by atoms with van der Waals surface area (Å²) in [7, 11) is 0. The van der Waals surface area contributed by atoms with Gasteiger partial charge in [-0.1, -0.05) is 16.8 Å². The quantitative estimate of drug-likeness (QED) is 0.563. The van der Waals surface area contributed by atoms with Crippen LogP contribution >= 0.6 is 11.6 Å². The summed E-state index contributed by atoms with van der Waals surface area (Å²) in [5.74, 6) is -0.424. The molecule has 4 rings (SSSR count). The Morgan fingerprint density at radius 1 is 1.36 bits per heavy atom. The summed E-state index contributed by atoms with van der Waals surface area (Å²) < 4.78 is 26.7. The number of rotatable bonds is 7. The van der Waals surface area contributed by atoms with Gasteiger partial charge in [0.1, 0.15) is 6.07 Å². The molecule has 0 bridgehead atoms. The maximum atomic E-state index is 14.5. The van der Waals surface area contributed by atoms with Gasteiger partial charge in [0.15, 0.2) is 17.3 Å². The van der Waals surface area contributed by atoms with Gasteiger partial charge in [-0.05, 0) is 25.1 Å². The van der Waals surface area contributed by atoms with Crippen molar-refractivity contribution in [2.75, 3.05) is 26.3 Å². The third-order valence-electron chi connectivity index (χ3n) is 5.23. The van der Waals surface area contributed by atoms with Gasteiger partial charge in [-0.25, -0.2) is 4.39 Å². The van der Waals surface area contributed by atoms with Crippen molar-refractivity contribution in [3.8, 4) is 17.3 Å². The minimum absolute atomic E-state index is 0.0645. The molecule has 1 aliphatic heterocycles. The zero-order valence-corrected chi connectivity index (χ0v) is 18.7. The lowest BCUT2D eigenvalue weighted by Gasteiger charge is -2.25. The Balaban J connectivity index is 1.34. The fraction of sp³-hybridized carbons (Fsp3) is 0.364. The fourth-order valence-electron chi connectivity index (χ4n) is 3.54. The lowest BCUT2D eigenvalue weighted by atomic mass is 10.1. The van der Waals surface area contributed by atoms with Crippen molar-refractivity contribution in [2.45, 2.75) is 26.1 Å². The lowest BCUT2D eigenvalue weighted by Crippen LogP contribution is -2.36. The summed E-state index contributed by atoms with van der Waals surface area (Å²) >= 11 is 5.91. The number of halogens is 2. The Labute approximate surface area is 194 Å². The maximum Gasteiger partial charge on any atom is 0.273 e. The first-order valence-corrected chi connectivity index (χ1v) is 10.8. The average molecular weight is 473 g/mol. The molecule has 172 valence electrons. The molecule has 11 heteroatoms. The molecule has 3 aromatic rings. The van der Waals surface area contributed by atoms with Crippen LogP contribution in [0.15, 0.2) is 35.0 Å². The molecule has 1 amide bonds. The molecule has 1 atom stereocenters. The lowest BCUT2D eigenvalue weighted by molar-refractivity contribution is 0.0305. The molecule has 1 aromatic carbocycles. The summed E-state index contributed by atoms with van der Waals surface area (Å²) in [4.78, 5) is 14.7. The van der Waals surface area contributed by atoms with E-state index in [-0.39, 0.29) is 33.8 Å². The van der Waals surface area contributed by atoms with Crippen LogP contribution in [0.25, 0.3) is 11.3 Å². The van der Waals surface area contributed by atoms with E-state index in [4.69, 9.17) is 26.1 Å². The Bertz CT molecular complexity index is 1180. The molecule has 0 spiro atoms. The number of nitrogens with one attached hydrogen (secondary N) is 1. The van der Waals surface area contributed by atoms with Crippen LogP contribution < -0.4 is 5.32 Å². The Morgan fingerprint density at radius 3 is 2.91 bits per heavy atom. The van der Waals surface area contributed by atoms with Crippen LogP contribution in [0.1, 0.15) is 28.7 Å². The highest BCUT2D eigenvalue weighted by molar-refractivity contribution is 6.32. The molecule has 0 aliphatic carbocycles. The van der Waals surface area contributed by atoms with E-state index in [1.807, 2.05) is 13.0 Å². The zero-order valence-electron chi connectivity index (χ0n) is 17.9. The summed E-state index contributed by atoms with van der Waals surface area (Å²) in [6.07, 6.45) is 1.68. The van der Waals surface area contributed by atoms with Crippen molar-refractivity contribution in [1.82, 2.24) is 25.2 Å². The Hall–Kier alpha value is -3.26. The standard InChI is InChI=1S/C22H22ClFN6O3/c1-14(26-22(31)19-10-16(33-28-19)13-29-6-8-32-9-7-29)12-30-5-4-18(27-30)17-3-2-15(11-25)20(23)21(17)24/h2-5,10,14H,6-9,12-13H2,1H3,(H,26,31). The van der Waals surface area contributed by atoms with Crippen molar-refractivity contribution < 1.29 is 18.4 Å². The third-order valence-corrected chi connectivity index (χ3v) is 5.60. The van der Waals surface area contributed by atoms with Crippen LogP contribution in [0.5, 0.6) is 0 Å². The van der Waals surface area contributed by atoms with Gasteiger partial charge in [0, 0.05) is 37.0 Å². The second-order valence-corrected chi connectivity index (χ2v) is 8.14. The van der Waals surface area contributed by atoms with Gasteiger partial charge in [0.2, 0.25) is 0 Å². The van der Waals surface area contributed by atoms with Gasteiger partial charge >= 0.3 is 0 Å². The number of hydrogen-bond donors (Lipinski definition) is 1.